The van der Waals surface area contributed by atoms with Crippen LogP contribution in [0.3, 0.4) is 0 Å². The number of halogens is 2. The fourth-order valence-corrected chi connectivity index (χ4v) is 0.917. The molecule has 0 radical (unpaired) electrons. The Bertz CT molecular complexity index is 251. The summed E-state index contributed by atoms with van der Waals surface area (Å²) in [6.45, 7) is 3.72. The highest BCUT2D eigenvalue weighted by Gasteiger charge is 1.96. The van der Waals surface area contributed by atoms with E-state index in [4.69, 9.17) is 11.6 Å². The van der Waals surface area contributed by atoms with Gasteiger partial charge in [-0.25, -0.2) is 4.39 Å². The van der Waals surface area contributed by atoms with Gasteiger partial charge in [-0.05, 0) is 23.3 Å². The van der Waals surface area contributed by atoms with Gasteiger partial charge in [0.15, 0.2) is 0 Å². The number of benzene rings is 1. The van der Waals surface area contributed by atoms with Crippen molar-refractivity contribution >= 4 is 17.2 Å². The van der Waals surface area contributed by atoms with Crippen molar-refractivity contribution in [3.63, 3.8) is 0 Å². The van der Waals surface area contributed by atoms with Gasteiger partial charge in [0.2, 0.25) is 0 Å². The highest BCUT2D eigenvalue weighted by Crippen LogP contribution is 2.13. The molecule has 0 amide bonds. The summed E-state index contributed by atoms with van der Waals surface area (Å²) in [5, 5.41) is 0. The van der Waals surface area contributed by atoms with Crippen LogP contribution in [0.25, 0.3) is 5.57 Å². The molecule has 0 spiro atoms. The third kappa shape index (κ3) is 2.05. The highest BCUT2D eigenvalue weighted by atomic mass is 35.5. The summed E-state index contributed by atoms with van der Waals surface area (Å²) in [5.41, 5.74) is 1.70. The van der Waals surface area contributed by atoms with Crippen molar-refractivity contribution in [2.75, 3.05) is 5.88 Å². The molecule has 1 aromatic rings. The second kappa shape index (κ2) is 3.54. The normalized spacial score (nSPS) is 9.64. The Morgan fingerprint density at radius 2 is 1.91 bits per heavy atom. The summed E-state index contributed by atoms with van der Waals surface area (Å²) in [7, 11) is 0. The van der Waals surface area contributed by atoms with E-state index in [9.17, 15) is 4.39 Å². The summed E-state index contributed by atoms with van der Waals surface area (Å²) >= 11 is 5.53. The number of rotatable bonds is 2. The van der Waals surface area contributed by atoms with Gasteiger partial charge in [0.05, 0.1) is 0 Å². The first kappa shape index (κ1) is 8.28. The first-order chi connectivity index (χ1) is 5.24. The predicted octanol–water partition coefficient (Wildman–Crippen LogP) is 3.08. The molecular weight excluding hydrogens is 163 g/mol. The SMILES string of the molecule is C=C(CCl)c1ccc(F)cc1. The van der Waals surface area contributed by atoms with Crippen molar-refractivity contribution in [1.82, 2.24) is 0 Å². The molecule has 0 aliphatic carbocycles. The van der Waals surface area contributed by atoms with Crippen molar-refractivity contribution in [2.24, 2.45) is 0 Å². The summed E-state index contributed by atoms with van der Waals surface area (Å²) in [5.74, 6) is 0.141. The number of hydrogen-bond donors (Lipinski definition) is 0. The smallest absolute Gasteiger partial charge is 0.123 e. The fraction of sp³-hybridized carbons (Fsp3) is 0.111. The average Bonchev–Trinajstić information content (AvgIpc) is 2.05. The molecule has 0 aliphatic heterocycles. The Morgan fingerprint density at radius 3 is 2.36 bits per heavy atom. The maximum Gasteiger partial charge on any atom is 0.123 e. The lowest BCUT2D eigenvalue weighted by Gasteiger charge is -1.99. The third-order valence-corrected chi connectivity index (χ3v) is 1.74. The minimum Gasteiger partial charge on any atom is -0.207 e. The highest BCUT2D eigenvalue weighted by molar-refractivity contribution is 6.23. The van der Waals surface area contributed by atoms with Crippen LogP contribution in [0.15, 0.2) is 30.8 Å². The van der Waals surface area contributed by atoms with Crippen LogP contribution >= 0.6 is 11.6 Å². The van der Waals surface area contributed by atoms with Crippen molar-refractivity contribution in [2.45, 2.75) is 0 Å². The van der Waals surface area contributed by atoms with Crippen LogP contribution in [0.5, 0.6) is 0 Å². The van der Waals surface area contributed by atoms with Gasteiger partial charge in [-0.15, -0.1) is 11.6 Å². The predicted molar refractivity (Wildman–Crippen MR) is 46.2 cm³/mol. The van der Waals surface area contributed by atoms with E-state index in [-0.39, 0.29) is 5.82 Å². The van der Waals surface area contributed by atoms with Crippen LogP contribution in [0, 0.1) is 5.82 Å². The fourth-order valence-electron chi connectivity index (χ4n) is 0.763. The lowest BCUT2D eigenvalue weighted by molar-refractivity contribution is 0.627. The van der Waals surface area contributed by atoms with E-state index < -0.39 is 0 Å². The van der Waals surface area contributed by atoms with Crippen LogP contribution in [-0.4, -0.2) is 5.88 Å². The molecule has 0 saturated carbocycles. The summed E-state index contributed by atoms with van der Waals surface area (Å²) in [6, 6.07) is 6.13. The molecular formula is C9H8ClF. The molecule has 2 heteroatoms. The van der Waals surface area contributed by atoms with Crippen LogP contribution in [0.1, 0.15) is 5.56 Å². The van der Waals surface area contributed by atoms with Crippen molar-refractivity contribution in [3.8, 4) is 0 Å². The second-order valence-corrected chi connectivity index (χ2v) is 2.51. The summed E-state index contributed by atoms with van der Waals surface area (Å²) in [4.78, 5) is 0. The van der Waals surface area contributed by atoms with Crippen molar-refractivity contribution < 1.29 is 4.39 Å². The van der Waals surface area contributed by atoms with E-state index in [0.717, 1.165) is 11.1 Å². The van der Waals surface area contributed by atoms with Gasteiger partial charge in [-0.3, -0.25) is 0 Å². The van der Waals surface area contributed by atoms with E-state index >= 15 is 0 Å². The number of allylic oxidation sites excluding steroid dienone is 1. The molecule has 1 rings (SSSR count). The van der Waals surface area contributed by atoms with E-state index in [1.54, 1.807) is 12.1 Å². The first-order valence-electron chi connectivity index (χ1n) is 3.23. The molecule has 0 N–H and O–H groups in total. The molecule has 0 unspecified atom stereocenters. The monoisotopic (exact) mass is 170 g/mol. The zero-order valence-corrected chi connectivity index (χ0v) is 6.74. The minimum atomic E-state index is -0.240. The van der Waals surface area contributed by atoms with Gasteiger partial charge in [-0.1, -0.05) is 18.7 Å². The topological polar surface area (TPSA) is 0 Å². The van der Waals surface area contributed by atoms with Crippen LogP contribution in [-0.2, 0) is 0 Å². The zero-order chi connectivity index (χ0) is 8.27. The molecule has 11 heavy (non-hydrogen) atoms. The van der Waals surface area contributed by atoms with Crippen LogP contribution in [0.4, 0.5) is 4.39 Å². The molecule has 1 aromatic carbocycles. The molecule has 0 nitrogen and oxygen atoms in total. The van der Waals surface area contributed by atoms with E-state index in [1.807, 2.05) is 0 Å². The Labute approximate surface area is 70.3 Å². The van der Waals surface area contributed by atoms with Gasteiger partial charge in [0.1, 0.15) is 5.82 Å². The van der Waals surface area contributed by atoms with Crippen LogP contribution < -0.4 is 0 Å². The first-order valence-corrected chi connectivity index (χ1v) is 3.77. The summed E-state index contributed by atoms with van der Waals surface area (Å²) in [6.07, 6.45) is 0. The van der Waals surface area contributed by atoms with Crippen molar-refractivity contribution in [3.05, 3.63) is 42.2 Å². The van der Waals surface area contributed by atoms with E-state index in [0.29, 0.717) is 5.88 Å². The van der Waals surface area contributed by atoms with E-state index in [2.05, 4.69) is 6.58 Å². The van der Waals surface area contributed by atoms with Gasteiger partial charge in [0.25, 0.3) is 0 Å². The van der Waals surface area contributed by atoms with Gasteiger partial charge in [0, 0.05) is 5.88 Å². The maximum absolute atomic E-state index is 12.4. The average molecular weight is 171 g/mol. The standard InChI is InChI=1S/C9H8ClF/c1-7(6-10)8-2-4-9(11)5-3-8/h2-5H,1,6H2. The maximum atomic E-state index is 12.4. The van der Waals surface area contributed by atoms with Gasteiger partial charge < -0.3 is 0 Å². The lowest BCUT2D eigenvalue weighted by atomic mass is 10.1. The second-order valence-electron chi connectivity index (χ2n) is 2.24. The van der Waals surface area contributed by atoms with Gasteiger partial charge >= 0.3 is 0 Å². The van der Waals surface area contributed by atoms with Gasteiger partial charge in [-0.2, -0.15) is 0 Å². The minimum absolute atomic E-state index is 0.240. The molecule has 0 saturated heterocycles. The Morgan fingerprint density at radius 1 is 1.36 bits per heavy atom. The molecule has 0 heterocycles. The quantitative estimate of drug-likeness (QED) is 0.599. The van der Waals surface area contributed by atoms with E-state index in [1.165, 1.54) is 12.1 Å². The molecule has 0 atom stereocenters. The van der Waals surface area contributed by atoms with Crippen LogP contribution in [0.2, 0.25) is 0 Å². The molecule has 0 aliphatic rings. The zero-order valence-electron chi connectivity index (χ0n) is 5.98. The Balaban J connectivity index is 2.90. The van der Waals surface area contributed by atoms with Crippen molar-refractivity contribution in [1.29, 1.82) is 0 Å². The largest absolute Gasteiger partial charge is 0.207 e. The molecule has 0 bridgehead atoms. The Kier molecular flexibility index (Phi) is 2.66. The number of alkyl halides is 1. The number of hydrogen-bond acceptors (Lipinski definition) is 0. The Hall–Kier alpha value is -0.820. The molecule has 58 valence electrons. The molecule has 0 aromatic heterocycles. The third-order valence-electron chi connectivity index (χ3n) is 1.41. The molecule has 0 fully saturated rings. The summed E-state index contributed by atoms with van der Waals surface area (Å²) < 4.78 is 12.4. The lowest BCUT2D eigenvalue weighted by Crippen LogP contribution is -1.83.